The lowest BCUT2D eigenvalue weighted by Crippen LogP contribution is -2.26. The van der Waals surface area contributed by atoms with E-state index in [9.17, 15) is 14.9 Å². The summed E-state index contributed by atoms with van der Waals surface area (Å²) in [5.41, 5.74) is 1.55. The molecule has 0 saturated heterocycles. The Morgan fingerprint density at radius 3 is 2.76 bits per heavy atom. The molecule has 1 N–H and O–H groups in total. The van der Waals surface area contributed by atoms with Crippen LogP contribution >= 0.6 is 0 Å². The lowest BCUT2D eigenvalue weighted by molar-refractivity contribution is -0.384. The fourth-order valence-corrected chi connectivity index (χ4v) is 2.59. The molecule has 0 radical (unpaired) electrons. The van der Waals surface area contributed by atoms with E-state index in [2.05, 4.69) is 20.4 Å². The monoisotopic (exact) mass is 396 g/mol. The molecule has 10 nitrogen and oxygen atoms in total. The Morgan fingerprint density at radius 2 is 2.07 bits per heavy atom. The van der Waals surface area contributed by atoms with Gasteiger partial charge in [-0.05, 0) is 30.7 Å². The third-order valence-electron chi connectivity index (χ3n) is 4.16. The van der Waals surface area contributed by atoms with Gasteiger partial charge in [0, 0.05) is 55.8 Å². The Morgan fingerprint density at radius 1 is 1.28 bits per heavy atom. The molecule has 29 heavy (non-hydrogen) atoms. The molecule has 3 aromatic rings. The standard InChI is InChI=1S/C19H20N6O4/c1-24(13-17-22-19(23-29-17)14-4-2-10-20-12-14)18(26)5-3-11-21-15-6-8-16(9-7-15)25(27)28/h2,4,6-10,12,21H,3,5,11,13H2,1H3. The molecule has 2 aromatic heterocycles. The number of hydrogen-bond donors (Lipinski definition) is 1. The summed E-state index contributed by atoms with van der Waals surface area (Å²) >= 11 is 0. The van der Waals surface area contributed by atoms with E-state index in [0.717, 1.165) is 11.3 Å². The van der Waals surface area contributed by atoms with Crippen LogP contribution in [0.25, 0.3) is 11.4 Å². The second kappa shape index (κ2) is 9.40. The number of pyridine rings is 1. The highest BCUT2D eigenvalue weighted by atomic mass is 16.6. The van der Waals surface area contributed by atoms with Crippen LogP contribution < -0.4 is 5.32 Å². The number of nitro groups is 1. The summed E-state index contributed by atoms with van der Waals surface area (Å²) in [6, 6.07) is 9.76. The fourth-order valence-electron chi connectivity index (χ4n) is 2.59. The van der Waals surface area contributed by atoms with Crippen LogP contribution in [0.3, 0.4) is 0 Å². The van der Waals surface area contributed by atoms with Gasteiger partial charge < -0.3 is 14.7 Å². The van der Waals surface area contributed by atoms with Crippen LogP contribution in [-0.4, -0.2) is 44.4 Å². The number of carbonyl (C=O) groups excluding carboxylic acids is 1. The number of anilines is 1. The summed E-state index contributed by atoms with van der Waals surface area (Å²) in [6.07, 6.45) is 4.26. The predicted octanol–water partition coefficient (Wildman–Crippen LogP) is 2.89. The zero-order valence-electron chi connectivity index (χ0n) is 15.8. The molecule has 0 aliphatic rings. The van der Waals surface area contributed by atoms with E-state index in [0.29, 0.717) is 31.1 Å². The summed E-state index contributed by atoms with van der Waals surface area (Å²) in [5, 5.41) is 17.7. The summed E-state index contributed by atoms with van der Waals surface area (Å²) < 4.78 is 5.21. The topological polar surface area (TPSA) is 127 Å². The Hall–Kier alpha value is -3.82. The lowest BCUT2D eigenvalue weighted by atomic mass is 10.2. The van der Waals surface area contributed by atoms with Crippen molar-refractivity contribution in [2.24, 2.45) is 0 Å². The van der Waals surface area contributed by atoms with Gasteiger partial charge in [-0.3, -0.25) is 19.9 Å². The van der Waals surface area contributed by atoms with Crippen molar-refractivity contribution in [1.82, 2.24) is 20.0 Å². The molecule has 0 bridgehead atoms. The van der Waals surface area contributed by atoms with Gasteiger partial charge in [0.25, 0.3) is 5.69 Å². The first kappa shape index (κ1) is 19.9. The number of carbonyl (C=O) groups is 1. The summed E-state index contributed by atoms with van der Waals surface area (Å²) in [5.74, 6) is 0.738. The quantitative estimate of drug-likeness (QED) is 0.332. The van der Waals surface area contributed by atoms with Crippen molar-refractivity contribution < 1.29 is 14.2 Å². The number of amides is 1. The van der Waals surface area contributed by atoms with Crippen molar-refractivity contribution in [3.63, 3.8) is 0 Å². The van der Waals surface area contributed by atoms with E-state index >= 15 is 0 Å². The van der Waals surface area contributed by atoms with Crippen molar-refractivity contribution >= 4 is 17.3 Å². The Labute approximate surface area is 166 Å². The van der Waals surface area contributed by atoms with E-state index in [-0.39, 0.29) is 18.1 Å². The third-order valence-corrected chi connectivity index (χ3v) is 4.16. The minimum atomic E-state index is -0.443. The van der Waals surface area contributed by atoms with Crippen LogP contribution in [0.1, 0.15) is 18.7 Å². The fraction of sp³-hybridized carbons (Fsp3) is 0.263. The second-order valence-corrected chi connectivity index (χ2v) is 6.34. The number of rotatable bonds is 9. The first-order valence-electron chi connectivity index (χ1n) is 8.98. The number of benzene rings is 1. The minimum Gasteiger partial charge on any atom is -0.385 e. The summed E-state index contributed by atoms with van der Waals surface area (Å²) in [6.45, 7) is 0.797. The molecule has 0 spiro atoms. The lowest BCUT2D eigenvalue weighted by Gasteiger charge is -2.14. The van der Waals surface area contributed by atoms with E-state index in [1.807, 2.05) is 6.07 Å². The molecule has 1 amide bonds. The van der Waals surface area contributed by atoms with Crippen LogP contribution in [0.2, 0.25) is 0 Å². The van der Waals surface area contributed by atoms with Crippen molar-refractivity contribution in [3.8, 4) is 11.4 Å². The van der Waals surface area contributed by atoms with Crippen molar-refractivity contribution in [2.45, 2.75) is 19.4 Å². The maximum Gasteiger partial charge on any atom is 0.269 e. The average Bonchev–Trinajstić information content (AvgIpc) is 3.20. The van der Waals surface area contributed by atoms with Crippen molar-refractivity contribution in [3.05, 3.63) is 64.8 Å². The highest BCUT2D eigenvalue weighted by molar-refractivity contribution is 5.75. The van der Waals surface area contributed by atoms with Gasteiger partial charge in [0.1, 0.15) is 0 Å². The number of non-ortho nitro benzene ring substituents is 1. The van der Waals surface area contributed by atoms with E-state index in [4.69, 9.17) is 4.52 Å². The number of aromatic nitrogens is 3. The molecule has 0 atom stereocenters. The number of nitrogens with one attached hydrogen (secondary N) is 1. The van der Waals surface area contributed by atoms with E-state index in [1.54, 1.807) is 37.6 Å². The molecule has 10 heteroatoms. The maximum absolute atomic E-state index is 12.3. The molecule has 0 aliphatic carbocycles. The average molecular weight is 396 g/mol. The van der Waals surface area contributed by atoms with Gasteiger partial charge >= 0.3 is 0 Å². The Bertz CT molecular complexity index is 958. The first-order chi connectivity index (χ1) is 14.0. The largest absolute Gasteiger partial charge is 0.385 e. The molecule has 0 aliphatic heterocycles. The van der Waals surface area contributed by atoms with Gasteiger partial charge in [-0.25, -0.2) is 0 Å². The molecular weight excluding hydrogens is 376 g/mol. The normalized spacial score (nSPS) is 10.5. The van der Waals surface area contributed by atoms with Crippen LogP contribution in [0, 0.1) is 10.1 Å². The van der Waals surface area contributed by atoms with Gasteiger partial charge in [-0.15, -0.1) is 0 Å². The summed E-state index contributed by atoms with van der Waals surface area (Å²) in [4.78, 5) is 32.3. The second-order valence-electron chi connectivity index (χ2n) is 6.34. The van der Waals surface area contributed by atoms with E-state index < -0.39 is 4.92 Å². The maximum atomic E-state index is 12.3. The number of nitro benzene ring substituents is 1. The highest BCUT2D eigenvalue weighted by Crippen LogP contribution is 2.16. The van der Waals surface area contributed by atoms with Crippen LogP contribution in [0.15, 0.2) is 53.3 Å². The van der Waals surface area contributed by atoms with Crippen LogP contribution in [-0.2, 0) is 11.3 Å². The Balaban J connectivity index is 1.41. The molecule has 150 valence electrons. The van der Waals surface area contributed by atoms with Crippen molar-refractivity contribution in [1.29, 1.82) is 0 Å². The molecule has 0 saturated carbocycles. The van der Waals surface area contributed by atoms with Gasteiger partial charge in [-0.1, -0.05) is 5.16 Å². The molecule has 0 fully saturated rings. The van der Waals surface area contributed by atoms with Crippen LogP contribution in [0.5, 0.6) is 0 Å². The van der Waals surface area contributed by atoms with Crippen LogP contribution in [0.4, 0.5) is 11.4 Å². The zero-order valence-corrected chi connectivity index (χ0v) is 15.8. The first-order valence-corrected chi connectivity index (χ1v) is 8.98. The molecule has 1 aromatic carbocycles. The number of hydrogen-bond acceptors (Lipinski definition) is 8. The minimum absolute atomic E-state index is 0.0417. The van der Waals surface area contributed by atoms with Gasteiger partial charge in [0.2, 0.25) is 17.6 Å². The zero-order chi connectivity index (χ0) is 20.6. The molecular formula is C19H20N6O4. The van der Waals surface area contributed by atoms with Gasteiger partial charge in [-0.2, -0.15) is 4.98 Å². The van der Waals surface area contributed by atoms with E-state index in [1.165, 1.54) is 17.0 Å². The molecule has 0 unspecified atom stereocenters. The predicted molar refractivity (Wildman–Crippen MR) is 105 cm³/mol. The third kappa shape index (κ3) is 5.58. The van der Waals surface area contributed by atoms with Gasteiger partial charge in [0.15, 0.2) is 0 Å². The molecule has 3 rings (SSSR count). The van der Waals surface area contributed by atoms with Gasteiger partial charge in [0.05, 0.1) is 11.5 Å². The number of nitrogens with zero attached hydrogens (tertiary/aromatic N) is 5. The smallest absolute Gasteiger partial charge is 0.269 e. The van der Waals surface area contributed by atoms with Crippen molar-refractivity contribution in [2.75, 3.05) is 18.9 Å². The highest BCUT2D eigenvalue weighted by Gasteiger charge is 2.14. The summed E-state index contributed by atoms with van der Waals surface area (Å²) in [7, 11) is 1.68. The molecule has 2 heterocycles. The SMILES string of the molecule is CN(Cc1nc(-c2cccnc2)no1)C(=O)CCCNc1ccc([N+](=O)[O-])cc1. The Kier molecular flexibility index (Phi) is 6.46.